The zero-order valence-electron chi connectivity index (χ0n) is 6.50. The highest BCUT2D eigenvalue weighted by Crippen LogP contribution is 2.07. The first-order valence-corrected chi connectivity index (χ1v) is 5.11. The van der Waals surface area contributed by atoms with Crippen molar-refractivity contribution in [2.75, 3.05) is 4.43 Å². The van der Waals surface area contributed by atoms with Gasteiger partial charge in [-0.25, -0.2) is 0 Å². The number of benzene rings is 1. The van der Waals surface area contributed by atoms with Crippen LogP contribution in [0.15, 0.2) is 35.9 Å². The molecule has 1 nitrogen and oxygen atoms in total. The number of allylic oxidation sites excluding steroid dienone is 1. The molecule has 0 radical (unpaired) electrons. The van der Waals surface area contributed by atoms with Gasteiger partial charge < -0.3 is 0 Å². The van der Waals surface area contributed by atoms with Crippen molar-refractivity contribution in [2.45, 2.75) is 0 Å². The number of hydrogen-bond donors (Lipinski definition) is 0. The summed E-state index contributed by atoms with van der Waals surface area (Å²) in [5.41, 5.74) is 1.90. The first kappa shape index (κ1) is 9.27. The van der Waals surface area contributed by atoms with E-state index in [1.165, 1.54) is 0 Å². The highest BCUT2D eigenvalue weighted by molar-refractivity contribution is 14.1. The van der Waals surface area contributed by atoms with Crippen LogP contribution in [0.1, 0.15) is 5.56 Å². The van der Waals surface area contributed by atoms with Gasteiger partial charge in [0.2, 0.25) is 0 Å². The Morgan fingerprint density at radius 1 is 1.42 bits per heavy atom. The highest BCUT2D eigenvalue weighted by atomic mass is 127. The molecule has 0 bridgehead atoms. The van der Waals surface area contributed by atoms with E-state index in [4.69, 9.17) is 5.26 Å². The fraction of sp³-hybridized carbons (Fsp3) is 0.100. The third kappa shape index (κ3) is 2.67. The van der Waals surface area contributed by atoms with E-state index in [0.29, 0.717) is 0 Å². The molecule has 0 unspecified atom stereocenters. The van der Waals surface area contributed by atoms with Crippen LogP contribution in [0.2, 0.25) is 0 Å². The number of rotatable bonds is 2. The van der Waals surface area contributed by atoms with Crippen LogP contribution in [0, 0.1) is 11.3 Å². The van der Waals surface area contributed by atoms with Crippen molar-refractivity contribution in [3.05, 3.63) is 41.5 Å². The van der Waals surface area contributed by atoms with E-state index in [0.717, 1.165) is 15.6 Å². The van der Waals surface area contributed by atoms with E-state index < -0.39 is 0 Å². The lowest BCUT2D eigenvalue weighted by Gasteiger charge is -1.92. The van der Waals surface area contributed by atoms with Crippen LogP contribution in [0.5, 0.6) is 0 Å². The molecule has 0 aliphatic rings. The van der Waals surface area contributed by atoms with Crippen LogP contribution < -0.4 is 0 Å². The highest BCUT2D eigenvalue weighted by Gasteiger charge is 1.91. The van der Waals surface area contributed by atoms with Gasteiger partial charge in [0.1, 0.15) is 0 Å². The molecule has 0 aliphatic carbocycles. The predicted octanol–water partition coefficient (Wildman–Crippen LogP) is 3.03. The second-order valence-corrected chi connectivity index (χ2v) is 3.09. The van der Waals surface area contributed by atoms with E-state index in [-0.39, 0.29) is 0 Å². The zero-order valence-corrected chi connectivity index (χ0v) is 8.65. The summed E-state index contributed by atoms with van der Waals surface area (Å²) in [4.78, 5) is 0. The second-order valence-electron chi connectivity index (χ2n) is 2.33. The third-order valence-corrected chi connectivity index (χ3v) is 2.25. The van der Waals surface area contributed by atoms with Gasteiger partial charge in [-0.1, -0.05) is 52.9 Å². The number of hydrogen-bond acceptors (Lipinski definition) is 1. The Morgan fingerprint density at radius 3 is 2.58 bits per heavy atom. The van der Waals surface area contributed by atoms with Crippen molar-refractivity contribution in [3.8, 4) is 6.07 Å². The standard InChI is InChI=1S/C10H8IN/c11-7-10(8-12)6-9-4-2-1-3-5-9/h1-6H,7H2/b10-6+. The molecule has 0 heterocycles. The molecule has 0 amide bonds. The average Bonchev–Trinajstić information content (AvgIpc) is 2.16. The minimum absolute atomic E-state index is 0.767. The molecule has 0 fully saturated rings. The van der Waals surface area contributed by atoms with Crippen molar-refractivity contribution in [3.63, 3.8) is 0 Å². The predicted molar refractivity (Wildman–Crippen MR) is 58.9 cm³/mol. The SMILES string of the molecule is N#C/C(=C/c1ccccc1)CI. The third-order valence-electron chi connectivity index (χ3n) is 1.43. The molecule has 0 spiro atoms. The van der Waals surface area contributed by atoms with Gasteiger partial charge >= 0.3 is 0 Å². The lowest BCUT2D eigenvalue weighted by Crippen LogP contribution is -1.78. The Morgan fingerprint density at radius 2 is 2.08 bits per heavy atom. The van der Waals surface area contributed by atoms with Crippen LogP contribution in [-0.4, -0.2) is 4.43 Å². The van der Waals surface area contributed by atoms with E-state index in [1.54, 1.807) is 0 Å². The van der Waals surface area contributed by atoms with Crippen LogP contribution >= 0.6 is 22.6 Å². The Kier molecular flexibility index (Phi) is 3.81. The summed E-state index contributed by atoms with van der Waals surface area (Å²) in [5.74, 6) is 0. The fourth-order valence-corrected chi connectivity index (χ4v) is 1.24. The molecule has 12 heavy (non-hydrogen) atoms. The summed E-state index contributed by atoms with van der Waals surface area (Å²) >= 11 is 2.19. The van der Waals surface area contributed by atoms with Gasteiger partial charge in [0.25, 0.3) is 0 Å². The number of alkyl halides is 1. The molecule has 1 aromatic carbocycles. The smallest absolute Gasteiger partial charge is 0.0955 e. The van der Waals surface area contributed by atoms with E-state index in [2.05, 4.69) is 28.7 Å². The molecule has 0 atom stereocenters. The van der Waals surface area contributed by atoms with Gasteiger partial charge in [-0.3, -0.25) is 0 Å². The second kappa shape index (κ2) is 4.94. The average molecular weight is 269 g/mol. The van der Waals surface area contributed by atoms with Gasteiger partial charge in [-0.15, -0.1) is 0 Å². The van der Waals surface area contributed by atoms with Crippen LogP contribution in [0.3, 0.4) is 0 Å². The lowest BCUT2D eigenvalue weighted by molar-refractivity contribution is 1.48. The Bertz CT molecular complexity index is 308. The minimum atomic E-state index is 0.767. The largest absolute Gasteiger partial charge is 0.193 e. The van der Waals surface area contributed by atoms with Gasteiger partial charge in [0.05, 0.1) is 6.07 Å². The molecule has 0 aromatic heterocycles. The molecule has 0 saturated carbocycles. The van der Waals surface area contributed by atoms with Gasteiger partial charge in [0.15, 0.2) is 0 Å². The van der Waals surface area contributed by atoms with Crippen molar-refractivity contribution in [1.82, 2.24) is 0 Å². The summed E-state index contributed by atoms with van der Waals surface area (Å²) in [6.07, 6.45) is 1.91. The maximum atomic E-state index is 8.66. The first-order chi connectivity index (χ1) is 5.86. The molecule has 0 aliphatic heterocycles. The molecule has 1 rings (SSSR count). The number of halogens is 1. The summed E-state index contributed by atoms with van der Waals surface area (Å²) < 4.78 is 0.767. The first-order valence-electron chi connectivity index (χ1n) is 3.58. The van der Waals surface area contributed by atoms with Gasteiger partial charge in [0, 0.05) is 10.0 Å². The van der Waals surface area contributed by atoms with Gasteiger partial charge in [-0.2, -0.15) is 5.26 Å². The Balaban J connectivity index is 2.88. The zero-order chi connectivity index (χ0) is 8.81. The maximum absolute atomic E-state index is 8.66. The summed E-state index contributed by atoms with van der Waals surface area (Å²) in [7, 11) is 0. The van der Waals surface area contributed by atoms with Crippen LogP contribution in [0.4, 0.5) is 0 Å². The summed E-state index contributed by atoms with van der Waals surface area (Å²) in [6.45, 7) is 0. The topological polar surface area (TPSA) is 23.8 Å². The van der Waals surface area contributed by atoms with E-state index in [1.807, 2.05) is 36.4 Å². The molecular weight excluding hydrogens is 261 g/mol. The number of nitriles is 1. The lowest BCUT2D eigenvalue weighted by atomic mass is 10.1. The quantitative estimate of drug-likeness (QED) is 0.460. The van der Waals surface area contributed by atoms with E-state index in [9.17, 15) is 0 Å². The fourth-order valence-electron chi connectivity index (χ4n) is 0.851. The molecule has 0 N–H and O–H groups in total. The molecule has 0 saturated heterocycles. The number of nitrogens with zero attached hydrogens (tertiary/aromatic N) is 1. The summed E-state index contributed by atoms with van der Waals surface area (Å²) in [5, 5.41) is 8.66. The Hall–Kier alpha value is -0.820. The van der Waals surface area contributed by atoms with Crippen molar-refractivity contribution in [1.29, 1.82) is 5.26 Å². The molecule has 2 heteroatoms. The van der Waals surface area contributed by atoms with Crippen LogP contribution in [-0.2, 0) is 0 Å². The Labute approximate surface area is 85.9 Å². The van der Waals surface area contributed by atoms with Crippen molar-refractivity contribution < 1.29 is 0 Å². The monoisotopic (exact) mass is 269 g/mol. The van der Waals surface area contributed by atoms with E-state index >= 15 is 0 Å². The normalized spacial score (nSPS) is 10.8. The van der Waals surface area contributed by atoms with Crippen molar-refractivity contribution >= 4 is 28.7 Å². The molecule has 1 aromatic rings. The summed E-state index contributed by atoms with van der Waals surface area (Å²) in [6, 6.07) is 12.0. The molecular formula is C10H8IN. The van der Waals surface area contributed by atoms with Crippen LogP contribution in [0.25, 0.3) is 6.08 Å². The van der Waals surface area contributed by atoms with Crippen molar-refractivity contribution in [2.24, 2.45) is 0 Å². The molecule has 60 valence electrons. The minimum Gasteiger partial charge on any atom is -0.193 e. The van der Waals surface area contributed by atoms with Gasteiger partial charge in [-0.05, 0) is 11.6 Å². The maximum Gasteiger partial charge on any atom is 0.0955 e.